The molecule has 0 radical (unpaired) electrons. The average Bonchev–Trinajstić information content (AvgIpc) is 3.18. The van der Waals surface area contributed by atoms with Gasteiger partial charge in [-0.15, -0.1) is 15.0 Å². The Kier molecular flexibility index (Phi) is 6.15. The highest BCUT2D eigenvalue weighted by Crippen LogP contribution is 2.30. The van der Waals surface area contributed by atoms with Gasteiger partial charge in [0.2, 0.25) is 6.23 Å². The molecule has 1 aromatic carbocycles. The maximum atomic E-state index is 13.0. The summed E-state index contributed by atoms with van der Waals surface area (Å²) in [4.78, 5) is 20.0. The number of rotatable bonds is 5. The Balaban J connectivity index is 1.95. The number of alkyl halides is 3. The van der Waals surface area contributed by atoms with Crippen molar-refractivity contribution in [1.82, 2.24) is 25.0 Å². The molecule has 160 valence electrons. The molecule has 0 aliphatic rings. The number of carbonyl (C=O) groups excluding carboxylic acids is 1. The highest BCUT2D eigenvalue weighted by molar-refractivity contribution is 5.70. The molecule has 3 rings (SSSR count). The minimum Gasteiger partial charge on any atom is -0.435 e. The molecule has 1 unspecified atom stereocenters. The molecule has 3 aromatic rings. The summed E-state index contributed by atoms with van der Waals surface area (Å²) < 4.78 is 48.6. The summed E-state index contributed by atoms with van der Waals surface area (Å²) in [7, 11) is 0. The lowest BCUT2D eigenvalue weighted by Crippen LogP contribution is -2.17. The van der Waals surface area contributed by atoms with Crippen molar-refractivity contribution in [3.63, 3.8) is 0 Å². The smallest absolute Gasteiger partial charge is 0.435 e. The number of nitriles is 1. The van der Waals surface area contributed by atoms with Crippen LogP contribution in [0.15, 0.2) is 36.5 Å². The van der Waals surface area contributed by atoms with E-state index < -0.39 is 24.3 Å². The lowest BCUT2D eigenvalue weighted by atomic mass is 10.1. The Morgan fingerprint density at radius 3 is 2.68 bits per heavy atom. The number of nitrogens with zero attached hydrogens (tertiary/aromatic N) is 6. The normalized spacial score (nSPS) is 12.1. The zero-order valence-corrected chi connectivity index (χ0v) is 16.3. The summed E-state index contributed by atoms with van der Waals surface area (Å²) >= 11 is 0. The topological polar surface area (TPSA) is 116 Å². The summed E-state index contributed by atoms with van der Waals surface area (Å²) in [5.74, 6) is -0.137. The third kappa shape index (κ3) is 4.95. The Morgan fingerprint density at radius 2 is 2.00 bits per heavy atom. The first kappa shape index (κ1) is 21.7. The van der Waals surface area contributed by atoms with Crippen LogP contribution < -0.4 is 0 Å². The first-order valence-corrected chi connectivity index (χ1v) is 8.94. The number of ether oxygens (including phenoxy) is 2. The lowest BCUT2D eigenvalue weighted by molar-refractivity contribution is -0.141. The van der Waals surface area contributed by atoms with Crippen LogP contribution in [0.2, 0.25) is 0 Å². The summed E-state index contributed by atoms with van der Waals surface area (Å²) in [5.41, 5.74) is -0.309. The van der Waals surface area contributed by atoms with Crippen LogP contribution in [0, 0.1) is 11.3 Å². The van der Waals surface area contributed by atoms with E-state index in [1.54, 1.807) is 19.1 Å². The fourth-order valence-corrected chi connectivity index (χ4v) is 2.55. The van der Waals surface area contributed by atoms with Gasteiger partial charge in [0.25, 0.3) is 0 Å². The van der Waals surface area contributed by atoms with Crippen molar-refractivity contribution in [2.45, 2.75) is 26.3 Å². The largest absolute Gasteiger partial charge is 0.510 e. The second kappa shape index (κ2) is 8.78. The van der Waals surface area contributed by atoms with E-state index in [2.05, 4.69) is 20.2 Å². The van der Waals surface area contributed by atoms with E-state index in [0.717, 1.165) is 17.1 Å². The van der Waals surface area contributed by atoms with E-state index in [1.807, 2.05) is 6.07 Å². The number of halogens is 3. The average molecular weight is 432 g/mol. The number of hydrogen-bond donors (Lipinski definition) is 0. The van der Waals surface area contributed by atoms with Crippen LogP contribution in [0.5, 0.6) is 0 Å². The van der Waals surface area contributed by atoms with Crippen LogP contribution >= 0.6 is 0 Å². The third-order valence-corrected chi connectivity index (χ3v) is 3.93. The van der Waals surface area contributed by atoms with Crippen molar-refractivity contribution in [2.24, 2.45) is 0 Å². The van der Waals surface area contributed by atoms with Crippen molar-refractivity contribution in [3.05, 3.63) is 47.9 Å². The van der Waals surface area contributed by atoms with Gasteiger partial charge in [-0.1, -0.05) is 18.2 Å². The fourth-order valence-electron chi connectivity index (χ4n) is 2.55. The van der Waals surface area contributed by atoms with E-state index in [4.69, 9.17) is 9.47 Å². The van der Waals surface area contributed by atoms with E-state index in [9.17, 15) is 23.2 Å². The number of aromatic nitrogens is 5. The Labute approximate surface area is 174 Å². The molecule has 2 heterocycles. The molecule has 0 aliphatic heterocycles. The fraction of sp³-hybridized carbons (Fsp3) is 0.263. The SMILES string of the molecule is CCOC(=O)OC(C)n1nc(C#N)c(-c2cccc(-c3nccc(C(F)(F)F)n3)c2)n1. The maximum absolute atomic E-state index is 13.0. The Hall–Kier alpha value is -4.01. The van der Waals surface area contributed by atoms with Gasteiger partial charge in [-0.3, -0.25) is 0 Å². The monoisotopic (exact) mass is 432 g/mol. The molecule has 1 atom stereocenters. The van der Waals surface area contributed by atoms with Gasteiger partial charge in [0.1, 0.15) is 17.5 Å². The lowest BCUT2D eigenvalue weighted by Gasteiger charge is -2.11. The van der Waals surface area contributed by atoms with E-state index in [1.165, 1.54) is 19.1 Å². The maximum Gasteiger partial charge on any atom is 0.510 e. The van der Waals surface area contributed by atoms with Gasteiger partial charge in [0.15, 0.2) is 11.5 Å². The van der Waals surface area contributed by atoms with Crippen molar-refractivity contribution >= 4 is 6.16 Å². The van der Waals surface area contributed by atoms with Gasteiger partial charge in [0, 0.05) is 17.3 Å². The van der Waals surface area contributed by atoms with Crippen LogP contribution in [0.1, 0.15) is 31.5 Å². The molecule has 12 heteroatoms. The summed E-state index contributed by atoms with van der Waals surface area (Å²) in [5, 5.41) is 17.6. The summed E-state index contributed by atoms with van der Waals surface area (Å²) in [6.45, 7) is 3.22. The van der Waals surface area contributed by atoms with Gasteiger partial charge in [-0.05, 0) is 26.0 Å². The van der Waals surface area contributed by atoms with Crippen LogP contribution in [0.4, 0.5) is 18.0 Å². The zero-order chi connectivity index (χ0) is 22.6. The number of benzene rings is 1. The van der Waals surface area contributed by atoms with Gasteiger partial charge < -0.3 is 9.47 Å². The van der Waals surface area contributed by atoms with Crippen molar-refractivity contribution < 1.29 is 27.4 Å². The predicted molar refractivity (Wildman–Crippen MR) is 99.0 cm³/mol. The number of hydrogen-bond acceptors (Lipinski definition) is 8. The van der Waals surface area contributed by atoms with Crippen molar-refractivity contribution in [1.29, 1.82) is 5.26 Å². The summed E-state index contributed by atoms with van der Waals surface area (Å²) in [6, 6.07) is 8.85. The van der Waals surface area contributed by atoms with Crippen molar-refractivity contribution in [3.8, 4) is 28.7 Å². The molecular weight excluding hydrogens is 417 g/mol. The standard InChI is InChI=1S/C19H15F3N6O3/c1-3-30-18(29)31-11(2)28-26-14(10-23)16(27-28)12-5-4-6-13(9-12)17-24-8-7-15(25-17)19(20,21)22/h4-9,11H,3H2,1-2H3. The Morgan fingerprint density at radius 1 is 1.26 bits per heavy atom. The van der Waals surface area contributed by atoms with E-state index >= 15 is 0 Å². The molecule has 0 N–H and O–H groups in total. The third-order valence-electron chi connectivity index (χ3n) is 3.93. The zero-order valence-electron chi connectivity index (χ0n) is 16.3. The molecule has 31 heavy (non-hydrogen) atoms. The van der Waals surface area contributed by atoms with Gasteiger partial charge in [0.05, 0.1) is 6.61 Å². The highest BCUT2D eigenvalue weighted by Gasteiger charge is 2.32. The predicted octanol–water partition coefficient (Wildman–Crippen LogP) is 3.98. The Bertz CT molecular complexity index is 1140. The van der Waals surface area contributed by atoms with Crippen molar-refractivity contribution in [2.75, 3.05) is 6.61 Å². The number of carbonyl (C=O) groups is 1. The van der Waals surface area contributed by atoms with Crippen LogP contribution in [0.3, 0.4) is 0 Å². The molecule has 9 nitrogen and oxygen atoms in total. The van der Waals surface area contributed by atoms with E-state index in [0.29, 0.717) is 5.56 Å². The second-order valence-electron chi connectivity index (χ2n) is 6.07. The van der Waals surface area contributed by atoms with E-state index in [-0.39, 0.29) is 29.4 Å². The molecular formula is C19H15F3N6O3. The minimum atomic E-state index is -4.61. The first-order chi connectivity index (χ1) is 14.7. The van der Waals surface area contributed by atoms with Gasteiger partial charge in [-0.25, -0.2) is 14.8 Å². The highest BCUT2D eigenvalue weighted by atomic mass is 19.4. The minimum absolute atomic E-state index is 0.0681. The first-order valence-electron chi connectivity index (χ1n) is 8.94. The molecule has 0 fully saturated rings. The van der Waals surface area contributed by atoms with Crippen LogP contribution in [-0.2, 0) is 15.7 Å². The van der Waals surface area contributed by atoms with Gasteiger partial charge >= 0.3 is 12.3 Å². The second-order valence-corrected chi connectivity index (χ2v) is 6.07. The molecule has 0 saturated heterocycles. The quantitative estimate of drug-likeness (QED) is 0.556. The summed E-state index contributed by atoms with van der Waals surface area (Å²) in [6.07, 6.45) is -5.48. The molecule has 0 bridgehead atoms. The van der Waals surface area contributed by atoms with Crippen LogP contribution in [0.25, 0.3) is 22.6 Å². The molecule has 0 amide bonds. The molecule has 2 aromatic heterocycles. The van der Waals surface area contributed by atoms with Gasteiger partial charge in [-0.2, -0.15) is 18.4 Å². The molecule has 0 aliphatic carbocycles. The van der Waals surface area contributed by atoms with Crippen LogP contribution in [-0.4, -0.2) is 37.7 Å². The molecule has 0 saturated carbocycles. The molecule has 0 spiro atoms.